The summed E-state index contributed by atoms with van der Waals surface area (Å²) in [6.45, 7) is 2.37. The lowest BCUT2D eigenvalue weighted by Gasteiger charge is -2.08. The molecule has 23 heavy (non-hydrogen) atoms. The first-order valence-corrected chi connectivity index (χ1v) is 6.41. The average molecular weight is 328 g/mol. The minimum atomic E-state index is -4.73. The highest BCUT2D eigenvalue weighted by Crippen LogP contribution is 2.33. The van der Waals surface area contributed by atoms with Crippen LogP contribution >= 0.6 is 0 Å². The molecule has 0 saturated heterocycles. The number of benzene rings is 1. The monoisotopic (exact) mass is 328 g/mol. The van der Waals surface area contributed by atoms with Gasteiger partial charge in [0, 0.05) is 18.8 Å². The number of aryl methyl sites for hydroxylation is 1. The predicted octanol–water partition coefficient (Wildman–Crippen LogP) is 3.08. The van der Waals surface area contributed by atoms with Crippen LogP contribution < -0.4 is 5.32 Å². The molecular formula is C13H11F3N4O3. The zero-order valence-corrected chi connectivity index (χ0v) is 11.8. The van der Waals surface area contributed by atoms with Gasteiger partial charge in [-0.1, -0.05) is 0 Å². The summed E-state index contributed by atoms with van der Waals surface area (Å²) >= 11 is 0. The Kier molecular flexibility index (Phi) is 4.34. The standard InChI is InChI=1S/C13H11F3N4O3/c1-2-19-7-9(6-17-19)18-12(21)10-4-3-8(13(14,15)16)5-11(10)20(22)23/h3-7H,2H2,1H3,(H,18,21). The summed E-state index contributed by atoms with van der Waals surface area (Å²) in [6.07, 6.45) is -1.91. The second-order valence-corrected chi connectivity index (χ2v) is 4.53. The summed E-state index contributed by atoms with van der Waals surface area (Å²) in [5.41, 5.74) is -2.29. The van der Waals surface area contributed by atoms with Crippen LogP contribution in [-0.4, -0.2) is 20.6 Å². The third kappa shape index (κ3) is 3.65. The molecule has 1 amide bonds. The van der Waals surface area contributed by atoms with Gasteiger partial charge in [0.15, 0.2) is 0 Å². The van der Waals surface area contributed by atoms with Crippen LogP contribution in [0.3, 0.4) is 0 Å². The van der Waals surface area contributed by atoms with Crippen molar-refractivity contribution in [3.63, 3.8) is 0 Å². The van der Waals surface area contributed by atoms with Crippen LogP contribution in [0.25, 0.3) is 0 Å². The highest BCUT2D eigenvalue weighted by molar-refractivity contribution is 6.07. The lowest BCUT2D eigenvalue weighted by atomic mass is 10.1. The Morgan fingerprint density at radius 2 is 2.13 bits per heavy atom. The van der Waals surface area contributed by atoms with E-state index in [1.807, 2.05) is 6.92 Å². The minimum absolute atomic E-state index is 0.283. The van der Waals surface area contributed by atoms with E-state index in [1.54, 1.807) is 0 Å². The molecule has 0 bridgehead atoms. The molecule has 10 heteroatoms. The Hall–Kier alpha value is -2.91. The van der Waals surface area contributed by atoms with Gasteiger partial charge in [-0.2, -0.15) is 18.3 Å². The molecule has 0 aliphatic heterocycles. The van der Waals surface area contributed by atoms with Crippen molar-refractivity contribution in [2.75, 3.05) is 5.32 Å². The zero-order valence-electron chi connectivity index (χ0n) is 11.8. The van der Waals surface area contributed by atoms with Gasteiger partial charge in [-0.05, 0) is 19.1 Å². The van der Waals surface area contributed by atoms with Crippen LogP contribution in [0.5, 0.6) is 0 Å². The van der Waals surface area contributed by atoms with E-state index in [0.717, 1.165) is 6.07 Å². The molecule has 1 N–H and O–H groups in total. The van der Waals surface area contributed by atoms with Gasteiger partial charge in [-0.25, -0.2) is 0 Å². The smallest absolute Gasteiger partial charge is 0.319 e. The lowest BCUT2D eigenvalue weighted by Crippen LogP contribution is -2.15. The number of nitro groups is 1. The Labute approximate surface area is 127 Å². The normalized spacial score (nSPS) is 11.3. The molecular weight excluding hydrogens is 317 g/mol. The highest BCUT2D eigenvalue weighted by atomic mass is 19.4. The van der Waals surface area contributed by atoms with Gasteiger partial charge in [0.05, 0.1) is 22.4 Å². The predicted molar refractivity (Wildman–Crippen MR) is 74.0 cm³/mol. The van der Waals surface area contributed by atoms with Crippen LogP contribution in [0.4, 0.5) is 24.5 Å². The quantitative estimate of drug-likeness (QED) is 0.690. The van der Waals surface area contributed by atoms with Crippen LogP contribution in [0.1, 0.15) is 22.8 Å². The number of carbonyl (C=O) groups is 1. The van der Waals surface area contributed by atoms with Crippen LogP contribution in [-0.2, 0) is 12.7 Å². The average Bonchev–Trinajstić information content (AvgIpc) is 2.93. The van der Waals surface area contributed by atoms with Crippen molar-refractivity contribution in [2.45, 2.75) is 19.6 Å². The van der Waals surface area contributed by atoms with Crippen molar-refractivity contribution in [3.05, 3.63) is 51.8 Å². The summed E-state index contributed by atoms with van der Waals surface area (Å²) in [5, 5.41) is 17.2. The van der Waals surface area contributed by atoms with E-state index in [9.17, 15) is 28.1 Å². The van der Waals surface area contributed by atoms with Gasteiger partial charge in [0.25, 0.3) is 11.6 Å². The molecule has 1 heterocycles. The molecule has 0 atom stereocenters. The van der Waals surface area contributed by atoms with Gasteiger partial charge in [0.1, 0.15) is 5.56 Å². The van der Waals surface area contributed by atoms with Gasteiger partial charge in [-0.15, -0.1) is 0 Å². The van der Waals surface area contributed by atoms with Crippen molar-refractivity contribution >= 4 is 17.3 Å². The van der Waals surface area contributed by atoms with E-state index in [1.165, 1.54) is 17.1 Å². The molecule has 0 unspecified atom stereocenters. The fourth-order valence-corrected chi connectivity index (χ4v) is 1.85. The summed E-state index contributed by atoms with van der Waals surface area (Å²) in [5.74, 6) is -0.888. The van der Waals surface area contributed by atoms with E-state index in [-0.39, 0.29) is 5.69 Å². The summed E-state index contributed by atoms with van der Waals surface area (Å²) in [4.78, 5) is 22.0. The fraction of sp³-hybridized carbons (Fsp3) is 0.231. The number of hydrogen-bond donors (Lipinski definition) is 1. The van der Waals surface area contributed by atoms with Crippen LogP contribution in [0, 0.1) is 10.1 Å². The van der Waals surface area contributed by atoms with Gasteiger partial charge >= 0.3 is 6.18 Å². The molecule has 7 nitrogen and oxygen atoms in total. The molecule has 2 aromatic rings. The van der Waals surface area contributed by atoms with Crippen molar-refractivity contribution in [3.8, 4) is 0 Å². The Bertz CT molecular complexity index is 755. The van der Waals surface area contributed by atoms with Crippen molar-refractivity contribution in [1.82, 2.24) is 9.78 Å². The van der Waals surface area contributed by atoms with Gasteiger partial charge in [-0.3, -0.25) is 19.6 Å². The maximum Gasteiger partial charge on any atom is 0.416 e. The Balaban J connectivity index is 2.34. The number of aromatic nitrogens is 2. The topological polar surface area (TPSA) is 90.1 Å². The van der Waals surface area contributed by atoms with Crippen molar-refractivity contribution in [1.29, 1.82) is 0 Å². The first-order chi connectivity index (χ1) is 10.7. The first-order valence-electron chi connectivity index (χ1n) is 6.41. The first kappa shape index (κ1) is 16.5. The number of amides is 1. The summed E-state index contributed by atoms with van der Waals surface area (Å²) in [6, 6.07) is 1.74. The Morgan fingerprint density at radius 3 is 2.65 bits per heavy atom. The largest absolute Gasteiger partial charge is 0.416 e. The zero-order chi connectivity index (χ0) is 17.2. The molecule has 2 rings (SSSR count). The number of rotatable bonds is 4. The van der Waals surface area contributed by atoms with Crippen LogP contribution in [0.15, 0.2) is 30.6 Å². The number of hydrogen-bond acceptors (Lipinski definition) is 4. The molecule has 1 aromatic carbocycles. The van der Waals surface area contributed by atoms with E-state index in [2.05, 4.69) is 10.4 Å². The van der Waals surface area contributed by atoms with E-state index in [0.29, 0.717) is 18.7 Å². The third-order valence-corrected chi connectivity index (χ3v) is 2.98. The molecule has 0 aliphatic carbocycles. The number of nitro benzene ring substituents is 1. The van der Waals surface area contributed by atoms with E-state index >= 15 is 0 Å². The minimum Gasteiger partial charge on any atom is -0.319 e. The van der Waals surface area contributed by atoms with Gasteiger partial charge < -0.3 is 5.32 Å². The molecule has 0 fully saturated rings. The SMILES string of the molecule is CCn1cc(NC(=O)c2ccc(C(F)(F)F)cc2[N+](=O)[O-])cn1. The fourth-order valence-electron chi connectivity index (χ4n) is 1.85. The third-order valence-electron chi connectivity index (χ3n) is 2.98. The van der Waals surface area contributed by atoms with E-state index in [4.69, 9.17) is 0 Å². The van der Waals surface area contributed by atoms with Crippen molar-refractivity contribution in [2.24, 2.45) is 0 Å². The molecule has 0 saturated carbocycles. The number of carbonyl (C=O) groups excluding carboxylic acids is 1. The Morgan fingerprint density at radius 1 is 1.43 bits per heavy atom. The van der Waals surface area contributed by atoms with Crippen LogP contribution in [0.2, 0.25) is 0 Å². The molecule has 0 aliphatic rings. The van der Waals surface area contributed by atoms with Crippen molar-refractivity contribution < 1.29 is 22.9 Å². The molecule has 1 aromatic heterocycles. The number of anilines is 1. The second kappa shape index (κ2) is 6.07. The lowest BCUT2D eigenvalue weighted by molar-refractivity contribution is -0.385. The molecule has 122 valence electrons. The summed E-state index contributed by atoms with van der Waals surface area (Å²) < 4.78 is 39.4. The maximum absolute atomic E-state index is 12.6. The number of alkyl halides is 3. The second-order valence-electron chi connectivity index (χ2n) is 4.53. The summed E-state index contributed by atoms with van der Waals surface area (Å²) in [7, 11) is 0. The number of halogens is 3. The molecule has 0 radical (unpaired) electrons. The van der Waals surface area contributed by atoms with E-state index < -0.39 is 33.8 Å². The number of nitrogens with zero attached hydrogens (tertiary/aromatic N) is 3. The maximum atomic E-state index is 12.6. The highest BCUT2D eigenvalue weighted by Gasteiger charge is 2.34. The molecule has 0 spiro atoms. The number of nitrogens with one attached hydrogen (secondary N) is 1. The van der Waals surface area contributed by atoms with Gasteiger partial charge in [0.2, 0.25) is 0 Å².